The third-order valence-electron chi connectivity index (χ3n) is 4.36. The zero-order valence-corrected chi connectivity index (χ0v) is 14.0. The fourth-order valence-electron chi connectivity index (χ4n) is 2.77. The molecule has 2 rings (SSSR count). The standard InChI is InChI=1S/C18H28N2O2/c1-14(2)20-10-8-16(9-11-20)12-19-18(21)13-22-17-6-4-15(3)5-7-17/h4-7,14,16H,8-13H2,1-3H3,(H,19,21). The van der Waals surface area contributed by atoms with E-state index < -0.39 is 0 Å². The molecule has 0 spiro atoms. The predicted octanol–water partition coefficient (Wildman–Crippen LogP) is 2.61. The smallest absolute Gasteiger partial charge is 0.257 e. The summed E-state index contributed by atoms with van der Waals surface area (Å²) in [7, 11) is 0. The Labute approximate surface area is 133 Å². The van der Waals surface area contributed by atoms with E-state index in [1.54, 1.807) is 0 Å². The van der Waals surface area contributed by atoms with E-state index in [2.05, 4.69) is 24.1 Å². The van der Waals surface area contributed by atoms with Crippen LogP contribution in [0.25, 0.3) is 0 Å². The number of ether oxygens (including phenoxy) is 1. The van der Waals surface area contributed by atoms with E-state index in [9.17, 15) is 4.79 Å². The molecule has 0 radical (unpaired) electrons. The minimum Gasteiger partial charge on any atom is -0.484 e. The van der Waals surface area contributed by atoms with Crippen molar-refractivity contribution >= 4 is 5.91 Å². The SMILES string of the molecule is Cc1ccc(OCC(=O)NCC2CCN(C(C)C)CC2)cc1. The molecule has 1 amide bonds. The van der Waals surface area contributed by atoms with Crippen molar-refractivity contribution in [3.63, 3.8) is 0 Å². The number of hydrogen-bond acceptors (Lipinski definition) is 3. The molecule has 1 aromatic carbocycles. The summed E-state index contributed by atoms with van der Waals surface area (Å²) in [5, 5.41) is 3.00. The van der Waals surface area contributed by atoms with Gasteiger partial charge in [0.25, 0.3) is 5.91 Å². The highest BCUT2D eigenvalue weighted by molar-refractivity contribution is 5.77. The Balaban J connectivity index is 1.63. The summed E-state index contributed by atoms with van der Waals surface area (Å²) in [5.74, 6) is 1.30. The molecule has 0 aliphatic carbocycles. The third kappa shape index (κ3) is 5.34. The zero-order valence-electron chi connectivity index (χ0n) is 14.0. The van der Waals surface area contributed by atoms with Gasteiger partial charge >= 0.3 is 0 Å². The number of hydrogen-bond donors (Lipinski definition) is 1. The average Bonchev–Trinajstić information content (AvgIpc) is 2.52. The van der Waals surface area contributed by atoms with Crippen molar-refractivity contribution in [1.29, 1.82) is 0 Å². The lowest BCUT2D eigenvalue weighted by Crippen LogP contribution is -2.42. The first-order chi connectivity index (χ1) is 10.5. The van der Waals surface area contributed by atoms with Crippen molar-refractivity contribution in [2.24, 2.45) is 5.92 Å². The molecule has 1 fully saturated rings. The molecular formula is C18H28N2O2. The minimum absolute atomic E-state index is 0.0353. The second-order valence-electron chi connectivity index (χ2n) is 6.48. The van der Waals surface area contributed by atoms with E-state index >= 15 is 0 Å². The Morgan fingerprint density at radius 2 is 1.91 bits per heavy atom. The van der Waals surface area contributed by atoms with Crippen LogP contribution >= 0.6 is 0 Å². The third-order valence-corrected chi connectivity index (χ3v) is 4.36. The molecule has 0 unspecified atom stereocenters. The van der Waals surface area contributed by atoms with Gasteiger partial charge in [0.15, 0.2) is 6.61 Å². The van der Waals surface area contributed by atoms with Gasteiger partial charge in [0.1, 0.15) is 5.75 Å². The first kappa shape index (κ1) is 16.8. The summed E-state index contributed by atoms with van der Waals surface area (Å²) in [5.41, 5.74) is 1.18. The van der Waals surface area contributed by atoms with Crippen molar-refractivity contribution in [2.75, 3.05) is 26.2 Å². The zero-order chi connectivity index (χ0) is 15.9. The Kier molecular flexibility index (Phi) is 6.25. The van der Waals surface area contributed by atoms with Crippen molar-refractivity contribution in [2.45, 2.75) is 39.7 Å². The fourth-order valence-corrected chi connectivity index (χ4v) is 2.77. The van der Waals surface area contributed by atoms with Gasteiger partial charge in [-0.1, -0.05) is 17.7 Å². The maximum absolute atomic E-state index is 11.9. The van der Waals surface area contributed by atoms with E-state index in [0.717, 1.165) is 38.2 Å². The van der Waals surface area contributed by atoms with Crippen molar-refractivity contribution in [3.8, 4) is 5.75 Å². The van der Waals surface area contributed by atoms with Gasteiger partial charge in [0.05, 0.1) is 0 Å². The van der Waals surface area contributed by atoms with Gasteiger partial charge in [0.2, 0.25) is 0 Å². The number of nitrogens with zero attached hydrogens (tertiary/aromatic N) is 1. The van der Waals surface area contributed by atoms with Gasteiger partial charge in [-0.3, -0.25) is 4.79 Å². The van der Waals surface area contributed by atoms with Crippen LogP contribution in [0.15, 0.2) is 24.3 Å². The van der Waals surface area contributed by atoms with Gasteiger partial charge in [0, 0.05) is 12.6 Å². The van der Waals surface area contributed by atoms with E-state index in [0.29, 0.717) is 12.0 Å². The number of rotatable bonds is 6. The van der Waals surface area contributed by atoms with Crippen LogP contribution in [-0.2, 0) is 4.79 Å². The number of benzene rings is 1. The molecular weight excluding hydrogens is 276 g/mol. The number of amides is 1. The summed E-state index contributed by atoms with van der Waals surface area (Å²) >= 11 is 0. The maximum Gasteiger partial charge on any atom is 0.257 e. The second-order valence-corrected chi connectivity index (χ2v) is 6.48. The highest BCUT2D eigenvalue weighted by Crippen LogP contribution is 2.18. The van der Waals surface area contributed by atoms with Crippen molar-refractivity contribution < 1.29 is 9.53 Å². The van der Waals surface area contributed by atoms with Crippen LogP contribution in [0.3, 0.4) is 0 Å². The Morgan fingerprint density at radius 3 is 2.50 bits per heavy atom. The molecule has 122 valence electrons. The van der Waals surface area contributed by atoms with Crippen molar-refractivity contribution in [1.82, 2.24) is 10.2 Å². The maximum atomic E-state index is 11.9. The molecule has 22 heavy (non-hydrogen) atoms. The molecule has 0 aromatic heterocycles. The number of nitrogens with one attached hydrogen (secondary N) is 1. The van der Waals surface area contributed by atoms with Crippen LogP contribution in [0.4, 0.5) is 0 Å². The summed E-state index contributed by atoms with van der Waals surface area (Å²) in [6, 6.07) is 8.37. The van der Waals surface area contributed by atoms with Gasteiger partial charge in [-0.05, 0) is 64.8 Å². The van der Waals surface area contributed by atoms with Crippen LogP contribution < -0.4 is 10.1 Å². The molecule has 1 aliphatic rings. The van der Waals surface area contributed by atoms with Crippen LogP contribution in [0.1, 0.15) is 32.3 Å². The Morgan fingerprint density at radius 1 is 1.27 bits per heavy atom. The van der Waals surface area contributed by atoms with E-state index in [1.165, 1.54) is 5.56 Å². The number of carbonyl (C=O) groups excluding carboxylic acids is 1. The quantitative estimate of drug-likeness (QED) is 0.878. The molecule has 1 aromatic rings. The highest BCUT2D eigenvalue weighted by atomic mass is 16.5. The summed E-state index contributed by atoms with van der Waals surface area (Å²) in [6.45, 7) is 9.64. The Bertz CT molecular complexity index is 462. The molecule has 4 nitrogen and oxygen atoms in total. The molecule has 1 N–H and O–H groups in total. The average molecular weight is 304 g/mol. The van der Waals surface area contributed by atoms with Crippen molar-refractivity contribution in [3.05, 3.63) is 29.8 Å². The van der Waals surface area contributed by atoms with Gasteiger partial charge < -0.3 is 15.0 Å². The number of aryl methyl sites for hydroxylation is 1. The first-order valence-corrected chi connectivity index (χ1v) is 8.25. The summed E-state index contributed by atoms with van der Waals surface area (Å²) < 4.78 is 5.49. The Hall–Kier alpha value is -1.55. The van der Waals surface area contributed by atoms with Crippen LogP contribution in [0, 0.1) is 12.8 Å². The molecule has 0 atom stereocenters. The van der Waals surface area contributed by atoms with Gasteiger partial charge in [-0.2, -0.15) is 0 Å². The van der Waals surface area contributed by atoms with E-state index in [4.69, 9.17) is 4.74 Å². The molecule has 0 saturated carbocycles. The highest BCUT2D eigenvalue weighted by Gasteiger charge is 2.21. The summed E-state index contributed by atoms with van der Waals surface area (Å²) in [4.78, 5) is 14.4. The lowest BCUT2D eigenvalue weighted by Gasteiger charge is -2.34. The van der Waals surface area contributed by atoms with Crippen LogP contribution in [-0.4, -0.2) is 43.1 Å². The first-order valence-electron chi connectivity index (χ1n) is 8.25. The minimum atomic E-state index is -0.0353. The van der Waals surface area contributed by atoms with E-state index in [-0.39, 0.29) is 12.5 Å². The van der Waals surface area contributed by atoms with Crippen LogP contribution in [0.5, 0.6) is 5.75 Å². The molecule has 0 bridgehead atoms. The largest absolute Gasteiger partial charge is 0.484 e. The fraction of sp³-hybridized carbons (Fsp3) is 0.611. The second kappa shape index (κ2) is 8.18. The predicted molar refractivity (Wildman–Crippen MR) is 89.1 cm³/mol. The lowest BCUT2D eigenvalue weighted by molar-refractivity contribution is -0.123. The molecule has 1 saturated heterocycles. The van der Waals surface area contributed by atoms with Gasteiger partial charge in [-0.25, -0.2) is 0 Å². The normalized spacial score (nSPS) is 16.7. The molecule has 4 heteroatoms. The van der Waals surface area contributed by atoms with E-state index in [1.807, 2.05) is 31.2 Å². The number of carbonyl (C=O) groups is 1. The number of piperidine rings is 1. The topological polar surface area (TPSA) is 41.6 Å². The lowest BCUT2D eigenvalue weighted by atomic mass is 9.96. The molecule has 1 aliphatic heterocycles. The van der Waals surface area contributed by atoms with Crippen LogP contribution in [0.2, 0.25) is 0 Å². The number of likely N-dealkylation sites (tertiary alicyclic amines) is 1. The monoisotopic (exact) mass is 304 g/mol. The molecule has 1 heterocycles. The summed E-state index contributed by atoms with van der Waals surface area (Å²) in [6.07, 6.45) is 2.33. The van der Waals surface area contributed by atoms with Gasteiger partial charge in [-0.15, -0.1) is 0 Å².